The van der Waals surface area contributed by atoms with Crippen molar-refractivity contribution in [2.75, 3.05) is 13.1 Å². The molecule has 0 radical (unpaired) electrons. The number of hydrogen-bond acceptors (Lipinski definition) is 6. The van der Waals surface area contributed by atoms with E-state index in [1.807, 2.05) is 12.1 Å². The molecule has 140 valence electrons. The molecule has 4 rings (SSSR count). The summed E-state index contributed by atoms with van der Waals surface area (Å²) in [6, 6.07) is 8.97. The lowest BCUT2D eigenvalue weighted by Crippen LogP contribution is -2.42. The van der Waals surface area contributed by atoms with Gasteiger partial charge >= 0.3 is 0 Å². The molecule has 0 aliphatic carbocycles. The van der Waals surface area contributed by atoms with Gasteiger partial charge < -0.3 is 4.90 Å². The molecule has 1 aliphatic rings. The quantitative estimate of drug-likeness (QED) is 0.653. The van der Waals surface area contributed by atoms with Gasteiger partial charge in [-0.15, -0.1) is 0 Å². The minimum absolute atomic E-state index is 0.0127. The molecule has 0 aromatic carbocycles. The predicted molar refractivity (Wildman–Crippen MR) is 102 cm³/mol. The highest BCUT2D eigenvalue weighted by atomic mass is 16.2. The summed E-state index contributed by atoms with van der Waals surface area (Å²) < 4.78 is 0. The highest BCUT2D eigenvalue weighted by Gasteiger charge is 2.30. The van der Waals surface area contributed by atoms with Crippen molar-refractivity contribution in [3.8, 4) is 11.4 Å². The summed E-state index contributed by atoms with van der Waals surface area (Å²) in [4.78, 5) is 44.0. The number of piperidine rings is 1. The molecule has 3 aromatic rings. The van der Waals surface area contributed by atoms with Crippen LogP contribution >= 0.6 is 0 Å². The third kappa shape index (κ3) is 3.78. The van der Waals surface area contributed by atoms with Crippen LogP contribution in [0.15, 0.2) is 61.3 Å². The number of likely N-dealkylation sites (tertiary alicyclic amines) is 1. The molecule has 1 amide bonds. The van der Waals surface area contributed by atoms with Crippen LogP contribution in [0.5, 0.6) is 0 Å². The Morgan fingerprint density at radius 3 is 2.54 bits per heavy atom. The summed E-state index contributed by atoms with van der Waals surface area (Å²) >= 11 is 0. The van der Waals surface area contributed by atoms with Gasteiger partial charge in [0, 0.05) is 55.6 Å². The molecule has 1 atom stereocenters. The maximum atomic E-state index is 12.9. The van der Waals surface area contributed by atoms with Gasteiger partial charge in [0.25, 0.3) is 5.91 Å². The van der Waals surface area contributed by atoms with Gasteiger partial charge in [0.2, 0.25) is 0 Å². The fourth-order valence-electron chi connectivity index (χ4n) is 3.36. The van der Waals surface area contributed by atoms with Crippen molar-refractivity contribution in [3.05, 3.63) is 72.6 Å². The fourth-order valence-corrected chi connectivity index (χ4v) is 3.36. The van der Waals surface area contributed by atoms with E-state index in [4.69, 9.17) is 0 Å². The second kappa shape index (κ2) is 8.04. The molecule has 4 heterocycles. The molecule has 0 saturated carbocycles. The van der Waals surface area contributed by atoms with Crippen molar-refractivity contribution in [2.24, 2.45) is 5.92 Å². The van der Waals surface area contributed by atoms with Gasteiger partial charge in [-0.25, -0.2) is 9.97 Å². The first kappa shape index (κ1) is 17.9. The maximum Gasteiger partial charge on any atom is 0.257 e. The molecular weight excluding hydrogens is 354 g/mol. The van der Waals surface area contributed by atoms with Crippen molar-refractivity contribution in [1.29, 1.82) is 0 Å². The summed E-state index contributed by atoms with van der Waals surface area (Å²) in [7, 11) is 0. The number of pyridine rings is 2. The van der Waals surface area contributed by atoms with Gasteiger partial charge in [0.05, 0.1) is 5.56 Å². The zero-order chi connectivity index (χ0) is 19.3. The van der Waals surface area contributed by atoms with Crippen LogP contribution in [0.4, 0.5) is 0 Å². The second-order valence-corrected chi connectivity index (χ2v) is 6.71. The van der Waals surface area contributed by atoms with Crippen LogP contribution in [0.1, 0.15) is 33.7 Å². The van der Waals surface area contributed by atoms with E-state index < -0.39 is 0 Å². The normalized spacial score (nSPS) is 16.6. The SMILES string of the molecule is O=C(c1ccccn1)C1CCCN(C(=O)c2cnc(-c3cccnc3)nc2)C1. The molecule has 0 bridgehead atoms. The Hall–Kier alpha value is -3.48. The first-order chi connectivity index (χ1) is 13.7. The number of hydrogen-bond donors (Lipinski definition) is 0. The third-order valence-corrected chi connectivity index (χ3v) is 4.82. The Labute approximate surface area is 162 Å². The molecule has 1 saturated heterocycles. The van der Waals surface area contributed by atoms with Crippen molar-refractivity contribution < 1.29 is 9.59 Å². The maximum absolute atomic E-state index is 12.9. The van der Waals surface area contributed by atoms with E-state index >= 15 is 0 Å². The van der Waals surface area contributed by atoms with Gasteiger partial charge in [-0.3, -0.25) is 19.6 Å². The van der Waals surface area contributed by atoms with E-state index in [1.54, 1.807) is 41.7 Å². The first-order valence-electron chi connectivity index (χ1n) is 9.19. The molecule has 1 aliphatic heterocycles. The van der Waals surface area contributed by atoms with E-state index in [0.717, 1.165) is 18.4 Å². The summed E-state index contributed by atoms with van der Waals surface area (Å²) in [5.41, 5.74) is 1.66. The number of nitrogens with zero attached hydrogens (tertiary/aromatic N) is 5. The number of carbonyl (C=O) groups excluding carboxylic acids is 2. The zero-order valence-electron chi connectivity index (χ0n) is 15.2. The van der Waals surface area contributed by atoms with Crippen LogP contribution in [0.2, 0.25) is 0 Å². The van der Waals surface area contributed by atoms with Crippen LogP contribution in [0, 0.1) is 5.92 Å². The smallest absolute Gasteiger partial charge is 0.257 e. The van der Waals surface area contributed by atoms with E-state index in [-0.39, 0.29) is 17.6 Å². The molecule has 7 nitrogen and oxygen atoms in total. The number of ketones is 1. The van der Waals surface area contributed by atoms with Gasteiger partial charge in [-0.2, -0.15) is 0 Å². The van der Waals surface area contributed by atoms with Crippen LogP contribution in [0.25, 0.3) is 11.4 Å². The molecule has 0 N–H and O–H groups in total. The standard InChI is InChI=1S/C21H19N5O2/c27-19(18-7-1-2-9-23-18)16-6-4-10-26(14-16)21(28)17-12-24-20(25-13-17)15-5-3-8-22-11-15/h1-3,5,7-9,11-13,16H,4,6,10,14H2. The lowest BCUT2D eigenvalue weighted by Gasteiger charge is -2.31. The van der Waals surface area contributed by atoms with Crippen LogP contribution in [-0.2, 0) is 0 Å². The van der Waals surface area contributed by atoms with Crippen LogP contribution < -0.4 is 0 Å². The minimum Gasteiger partial charge on any atom is -0.338 e. The molecule has 28 heavy (non-hydrogen) atoms. The van der Waals surface area contributed by atoms with Crippen molar-refractivity contribution >= 4 is 11.7 Å². The molecule has 3 aromatic heterocycles. The summed E-state index contributed by atoms with van der Waals surface area (Å²) in [5.74, 6) is 0.118. The second-order valence-electron chi connectivity index (χ2n) is 6.71. The van der Waals surface area contributed by atoms with Crippen molar-refractivity contribution in [3.63, 3.8) is 0 Å². The predicted octanol–water partition coefficient (Wildman–Crippen LogP) is 2.67. The Kier molecular flexibility index (Phi) is 5.14. The Morgan fingerprint density at radius 2 is 1.82 bits per heavy atom. The summed E-state index contributed by atoms with van der Waals surface area (Å²) in [5, 5.41) is 0. The fraction of sp³-hybridized carbons (Fsp3) is 0.238. The van der Waals surface area contributed by atoms with Gasteiger partial charge in [0.1, 0.15) is 5.69 Å². The highest BCUT2D eigenvalue weighted by molar-refractivity contribution is 5.98. The third-order valence-electron chi connectivity index (χ3n) is 4.82. The zero-order valence-corrected chi connectivity index (χ0v) is 15.2. The number of aromatic nitrogens is 4. The lowest BCUT2D eigenvalue weighted by atomic mass is 9.91. The highest BCUT2D eigenvalue weighted by Crippen LogP contribution is 2.22. The molecule has 7 heteroatoms. The van der Waals surface area contributed by atoms with Crippen molar-refractivity contribution in [1.82, 2.24) is 24.8 Å². The van der Waals surface area contributed by atoms with Crippen LogP contribution in [-0.4, -0.2) is 49.6 Å². The number of carbonyl (C=O) groups is 2. The average molecular weight is 373 g/mol. The largest absolute Gasteiger partial charge is 0.338 e. The van der Waals surface area contributed by atoms with E-state index in [0.29, 0.717) is 30.2 Å². The lowest BCUT2D eigenvalue weighted by molar-refractivity contribution is 0.0634. The Bertz CT molecular complexity index is 961. The summed E-state index contributed by atoms with van der Waals surface area (Å²) in [6.07, 6.45) is 9.57. The average Bonchev–Trinajstić information content (AvgIpc) is 2.79. The minimum atomic E-state index is -0.233. The van der Waals surface area contributed by atoms with E-state index in [9.17, 15) is 9.59 Å². The Balaban J connectivity index is 1.46. The number of amides is 1. The molecular formula is C21H19N5O2. The Morgan fingerprint density at radius 1 is 0.964 bits per heavy atom. The van der Waals surface area contributed by atoms with Gasteiger partial charge in [-0.05, 0) is 37.1 Å². The van der Waals surface area contributed by atoms with Gasteiger partial charge in [0.15, 0.2) is 11.6 Å². The molecule has 1 fully saturated rings. The van der Waals surface area contributed by atoms with Crippen LogP contribution in [0.3, 0.4) is 0 Å². The van der Waals surface area contributed by atoms with Gasteiger partial charge in [-0.1, -0.05) is 6.07 Å². The van der Waals surface area contributed by atoms with Crippen molar-refractivity contribution in [2.45, 2.75) is 12.8 Å². The monoisotopic (exact) mass is 373 g/mol. The van der Waals surface area contributed by atoms with E-state index in [2.05, 4.69) is 19.9 Å². The summed E-state index contributed by atoms with van der Waals surface area (Å²) in [6.45, 7) is 1.01. The van der Waals surface area contributed by atoms with E-state index in [1.165, 1.54) is 12.4 Å². The number of Topliss-reactive ketones (excluding diaryl/α,β-unsaturated/α-hetero) is 1. The molecule has 0 spiro atoms. The molecule has 1 unspecified atom stereocenters. The first-order valence-corrected chi connectivity index (χ1v) is 9.19. The topological polar surface area (TPSA) is 88.9 Å². The number of rotatable bonds is 4.